The van der Waals surface area contributed by atoms with Gasteiger partial charge >= 0.3 is 37.9 Å². The Kier molecular flexibility index (Phi) is 9.17. The second-order valence-electron chi connectivity index (χ2n) is 5.17. The van der Waals surface area contributed by atoms with Gasteiger partial charge in [0.15, 0.2) is 0 Å². The van der Waals surface area contributed by atoms with Crippen LogP contribution in [-0.2, 0) is 20.8 Å². The third-order valence-corrected chi connectivity index (χ3v) is 3.75. The first-order valence-electron chi connectivity index (χ1n) is 7.32. The van der Waals surface area contributed by atoms with Gasteiger partial charge in [0, 0.05) is 30.6 Å². The summed E-state index contributed by atoms with van der Waals surface area (Å²) in [5, 5.41) is 0. The third-order valence-electron chi connectivity index (χ3n) is 3.75. The molecule has 3 rings (SSSR count). The van der Waals surface area contributed by atoms with Crippen molar-refractivity contribution in [2.45, 2.75) is 12.8 Å². The summed E-state index contributed by atoms with van der Waals surface area (Å²) >= 11 is -0.826. The van der Waals surface area contributed by atoms with E-state index >= 15 is 0 Å². The van der Waals surface area contributed by atoms with Crippen molar-refractivity contribution < 1.29 is 20.8 Å². The standard InChI is InChI=1S/C18H19N.2ClH.Zr/c1-15(16-8-2-3-9-16)14-18(17-10-4-5-11-17)19-12-6-7-13-19;;;/h2-5,8-11,14H,1,6-7,12-13H2;2*1H;/q;;;+4/p-2/b18-14+;;;. The maximum atomic E-state index is 4.93. The van der Waals surface area contributed by atoms with Crippen LogP contribution < -0.4 is 0 Å². The summed E-state index contributed by atoms with van der Waals surface area (Å²) < 4.78 is 0. The predicted molar refractivity (Wildman–Crippen MR) is 90.6 cm³/mol. The number of hydrogen-bond donors (Lipinski definition) is 0. The Hall–Kier alpha value is 0.743. The molecule has 0 atom stereocenters. The number of likely N-dealkylation sites (tertiary alicyclic amines) is 1. The Morgan fingerprint density at radius 1 is 0.955 bits per heavy atom. The van der Waals surface area contributed by atoms with E-state index < -0.39 is 20.8 Å². The minimum absolute atomic E-state index is 0.826. The van der Waals surface area contributed by atoms with E-state index in [1.807, 2.05) is 0 Å². The molecule has 1 heterocycles. The van der Waals surface area contributed by atoms with Gasteiger partial charge in [0.25, 0.3) is 0 Å². The molecule has 0 aromatic carbocycles. The van der Waals surface area contributed by atoms with Crippen LogP contribution in [0.2, 0.25) is 0 Å². The van der Waals surface area contributed by atoms with Gasteiger partial charge in [-0.1, -0.05) is 6.58 Å². The summed E-state index contributed by atoms with van der Waals surface area (Å²) in [4.78, 5) is 2.48. The van der Waals surface area contributed by atoms with Crippen LogP contribution >= 0.6 is 17.0 Å². The Labute approximate surface area is 155 Å². The quantitative estimate of drug-likeness (QED) is 0.606. The van der Waals surface area contributed by atoms with Crippen molar-refractivity contribution in [3.8, 4) is 0 Å². The first-order valence-corrected chi connectivity index (χ1v) is 13.6. The van der Waals surface area contributed by atoms with Crippen molar-refractivity contribution >= 4 is 17.0 Å². The molecule has 0 bridgehead atoms. The molecule has 22 heavy (non-hydrogen) atoms. The molecule has 0 aromatic rings. The molecule has 4 heteroatoms. The van der Waals surface area contributed by atoms with E-state index in [-0.39, 0.29) is 0 Å². The summed E-state index contributed by atoms with van der Waals surface area (Å²) in [6.07, 6.45) is 21.7. The van der Waals surface area contributed by atoms with Crippen LogP contribution in [0.5, 0.6) is 0 Å². The van der Waals surface area contributed by atoms with Gasteiger partial charge in [-0.15, -0.1) is 0 Å². The first-order chi connectivity index (χ1) is 10.8. The molecule has 10 radical (unpaired) electrons. The Bertz CT molecular complexity index is 347. The number of allylic oxidation sites excluding steroid dienone is 3. The summed E-state index contributed by atoms with van der Waals surface area (Å²) in [7, 11) is 9.87. The topological polar surface area (TPSA) is 3.24 Å². The first kappa shape index (κ1) is 19.1. The molecule has 0 aromatic heterocycles. The minimum atomic E-state index is -0.826. The van der Waals surface area contributed by atoms with Crippen molar-refractivity contribution in [3.05, 3.63) is 87.1 Å². The average molecular weight is 411 g/mol. The summed E-state index contributed by atoms with van der Waals surface area (Å²) in [6.45, 7) is 6.53. The van der Waals surface area contributed by atoms with Crippen LogP contribution in [0.1, 0.15) is 12.8 Å². The van der Waals surface area contributed by atoms with Crippen LogP contribution in [0.15, 0.2) is 23.9 Å². The Morgan fingerprint density at radius 2 is 1.41 bits per heavy atom. The van der Waals surface area contributed by atoms with Crippen molar-refractivity contribution in [1.29, 1.82) is 0 Å². The molecule has 0 unspecified atom stereocenters. The van der Waals surface area contributed by atoms with Gasteiger partial charge in [0.05, 0.1) is 0 Å². The molecular formula is C18H19Cl2NZr+2. The fraction of sp³-hybridized carbons (Fsp3) is 0.222. The molecular weight excluding hydrogens is 392 g/mol. The molecule has 0 spiro atoms. The SMILES string of the molecule is C=C(/C=C(\[C]1[CH][CH][CH][CH]1)N1CCCC1)[C]1[CH][CH][CH][CH]1.[Cl][Zr+2][Cl]. The fourth-order valence-electron chi connectivity index (χ4n) is 2.70. The van der Waals surface area contributed by atoms with Crippen molar-refractivity contribution in [2.75, 3.05) is 13.1 Å². The molecule has 0 N–H and O–H groups in total. The fourth-order valence-corrected chi connectivity index (χ4v) is 2.70. The Balaban J connectivity index is 0.000000545. The van der Waals surface area contributed by atoms with Crippen LogP contribution in [0.25, 0.3) is 0 Å². The molecule has 2 saturated carbocycles. The van der Waals surface area contributed by atoms with Crippen molar-refractivity contribution in [2.24, 2.45) is 0 Å². The van der Waals surface area contributed by atoms with E-state index in [0.717, 1.165) is 18.7 Å². The van der Waals surface area contributed by atoms with Crippen molar-refractivity contribution in [1.82, 2.24) is 4.90 Å². The Morgan fingerprint density at radius 3 is 1.91 bits per heavy atom. The summed E-state index contributed by atoms with van der Waals surface area (Å²) in [5.74, 6) is 2.51. The van der Waals surface area contributed by atoms with Gasteiger partial charge < -0.3 is 4.90 Å². The number of hydrogen-bond acceptors (Lipinski definition) is 1. The van der Waals surface area contributed by atoms with Crippen LogP contribution in [0.4, 0.5) is 0 Å². The summed E-state index contributed by atoms with van der Waals surface area (Å²) in [5.41, 5.74) is 2.40. The molecule has 1 saturated heterocycles. The van der Waals surface area contributed by atoms with E-state index in [9.17, 15) is 0 Å². The van der Waals surface area contributed by atoms with E-state index in [1.165, 1.54) is 30.4 Å². The van der Waals surface area contributed by atoms with Crippen LogP contribution in [0, 0.1) is 63.2 Å². The summed E-state index contributed by atoms with van der Waals surface area (Å²) in [6, 6.07) is 0. The zero-order valence-corrected chi connectivity index (χ0v) is 16.4. The van der Waals surface area contributed by atoms with Gasteiger partial charge in [0.1, 0.15) is 0 Å². The van der Waals surface area contributed by atoms with E-state index in [4.69, 9.17) is 17.0 Å². The molecule has 2 aliphatic carbocycles. The molecule has 3 aliphatic rings. The van der Waals surface area contributed by atoms with Gasteiger partial charge in [-0.2, -0.15) is 0 Å². The van der Waals surface area contributed by atoms with E-state index in [1.54, 1.807) is 0 Å². The molecule has 1 nitrogen and oxygen atoms in total. The van der Waals surface area contributed by atoms with Gasteiger partial charge in [0.2, 0.25) is 0 Å². The second kappa shape index (κ2) is 10.6. The third kappa shape index (κ3) is 5.68. The average Bonchev–Trinajstić information content (AvgIpc) is 3.28. The second-order valence-corrected chi connectivity index (χ2v) is 8.90. The molecule has 112 valence electrons. The van der Waals surface area contributed by atoms with E-state index in [0.29, 0.717) is 0 Å². The monoisotopic (exact) mass is 409 g/mol. The molecule has 3 fully saturated rings. The number of halogens is 2. The van der Waals surface area contributed by atoms with Gasteiger partial charge in [-0.3, -0.25) is 0 Å². The van der Waals surface area contributed by atoms with Crippen LogP contribution in [-0.4, -0.2) is 18.0 Å². The van der Waals surface area contributed by atoms with Crippen molar-refractivity contribution in [3.63, 3.8) is 0 Å². The van der Waals surface area contributed by atoms with Gasteiger partial charge in [-0.05, 0) is 75.9 Å². The molecule has 0 amide bonds. The maximum absolute atomic E-state index is 4.93. The zero-order chi connectivity index (χ0) is 15.8. The number of rotatable bonds is 4. The van der Waals surface area contributed by atoms with E-state index in [2.05, 4.69) is 68.9 Å². The van der Waals surface area contributed by atoms with Crippen LogP contribution in [0.3, 0.4) is 0 Å². The predicted octanol–water partition coefficient (Wildman–Crippen LogP) is 4.71. The molecule has 1 aliphatic heterocycles. The van der Waals surface area contributed by atoms with Gasteiger partial charge in [-0.25, -0.2) is 0 Å². The normalized spacial score (nSPS) is 23.4. The zero-order valence-electron chi connectivity index (χ0n) is 12.4. The number of nitrogens with zero attached hydrogens (tertiary/aromatic N) is 1.